The topological polar surface area (TPSA) is 98.0 Å². The first kappa shape index (κ1) is 28.5. The molecule has 2 saturated heterocycles. The van der Waals surface area contributed by atoms with Gasteiger partial charge in [-0.15, -0.1) is 5.10 Å². The maximum absolute atomic E-state index is 12.8. The highest BCUT2D eigenvalue weighted by Crippen LogP contribution is 2.36. The molecule has 0 saturated carbocycles. The molecule has 6 rings (SSSR count). The summed E-state index contributed by atoms with van der Waals surface area (Å²) in [6.45, 7) is 6.56. The van der Waals surface area contributed by atoms with E-state index in [1.54, 1.807) is 4.52 Å². The second kappa shape index (κ2) is 12.3. The van der Waals surface area contributed by atoms with Gasteiger partial charge in [-0.1, -0.05) is 30.2 Å². The van der Waals surface area contributed by atoms with Gasteiger partial charge < -0.3 is 25.5 Å². The fourth-order valence-corrected chi connectivity index (χ4v) is 6.20. The number of carbonyl (C=O) groups is 1. The molecule has 1 unspecified atom stereocenters. The van der Waals surface area contributed by atoms with E-state index < -0.39 is 5.60 Å². The smallest absolute Gasteiger partial charge is 0.251 e. The molecule has 2 aromatic heterocycles. The van der Waals surface area contributed by atoms with Crippen molar-refractivity contribution in [3.63, 3.8) is 0 Å². The molecule has 3 N–H and O–H groups in total. The number of benzene rings is 2. The van der Waals surface area contributed by atoms with Crippen molar-refractivity contribution in [1.82, 2.24) is 24.8 Å². The lowest BCUT2D eigenvalue weighted by Crippen LogP contribution is -2.43. The Morgan fingerprint density at radius 1 is 1.00 bits per heavy atom. The zero-order chi connectivity index (χ0) is 29.1. The molecule has 4 heterocycles. The van der Waals surface area contributed by atoms with Gasteiger partial charge in [-0.3, -0.25) is 4.79 Å². The van der Waals surface area contributed by atoms with Crippen molar-refractivity contribution in [3.05, 3.63) is 83.0 Å². The number of hydrogen-bond donors (Lipinski definition) is 3. The van der Waals surface area contributed by atoms with Crippen LogP contribution >= 0.6 is 11.6 Å². The van der Waals surface area contributed by atoms with Gasteiger partial charge in [0, 0.05) is 48.1 Å². The SMILES string of the molecule is CC(CN1CCCCC1)NC(=O)c1ccc(Nc2nc3c(N4CCC(O)(c5ccc(Cl)cc5)CC4)cccn3n2)cc1. The zero-order valence-corrected chi connectivity index (χ0v) is 24.7. The highest BCUT2D eigenvalue weighted by molar-refractivity contribution is 6.30. The first-order valence-corrected chi connectivity index (χ1v) is 15.2. The van der Waals surface area contributed by atoms with Crippen LogP contribution in [0.2, 0.25) is 5.02 Å². The standard InChI is InChI=1S/C32H38ClN7O2/c1-23(22-38-17-3-2-4-18-38)34-30(41)24-7-13-27(14-8-24)35-31-36-29-28(6-5-19-40(29)37-31)39-20-15-32(42,16-21-39)25-9-11-26(33)12-10-25/h5-14,19,23,42H,2-4,15-18,20-22H2,1H3,(H,34,41)(H,35,37). The molecule has 0 aliphatic carbocycles. The Kier molecular flexibility index (Phi) is 8.33. The van der Waals surface area contributed by atoms with Crippen molar-refractivity contribution in [3.8, 4) is 0 Å². The number of anilines is 3. The number of nitrogens with zero attached hydrogens (tertiary/aromatic N) is 5. The predicted molar refractivity (Wildman–Crippen MR) is 167 cm³/mol. The summed E-state index contributed by atoms with van der Waals surface area (Å²) in [4.78, 5) is 22.3. The molecule has 220 valence electrons. The number of aliphatic hydroxyl groups is 1. The van der Waals surface area contributed by atoms with E-state index in [0.717, 1.165) is 42.2 Å². The van der Waals surface area contributed by atoms with Crippen LogP contribution in [0.25, 0.3) is 5.65 Å². The first-order valence-electron chi connectivity index (χ1n) is 14.9. The van der Waals surface area contributed by atoms with Crippen LogP contribution in [-0.2, 0) is 5.60 Å². The molecule has 4 aromatic rings. The van der Waals surface area contributed by atoms with Gasteiger partial charge in [-0.05, 0) is 99.8 Å². The molecular formula is C32H38ClN7O2. The number of likely N-dealkylation sites (tertiary alicyclic amines) is 1. The number of pyridine rings is 1. The lowest BCUT2D eigenvalue weighted by Gasteiger charge is -2.39. The molecule has 0 spiro atoms. The fraction of sp³-hybridized carbons (Fsp3) is 0.406. The Bertz CT molecular complexity index is 1510. The number of piperidine rings is 2. The van der Waals surface area contributed by atoms with Gasteiger partial charge in [0.2, 0.25) is 5.95 Å². The first-order chi connectivity index (χ1) is 20.4. The van der Waals surface area contributed by atoms with Gasteiger partial charge in [0.05, 0.1) is 11.3 Å². The van der Waals surface area contributed by atoms with E-state index in [1.165, 1.54) is 19.3 Å². The summed E-state index contributed by atoms with van der Waals surface area (Å²) in [5.74, 6) is 0.413. The van der Waals surface area contributed by atoms with Gasteiger partial charge in [-0.25, -0.2) is 4.52 Å². The number of fused-ring (bicyclic) bond motifs is 1. The number of rotatable bonds is 8. The summed E-state index contributed by atoms with van der Waals surface area (Å²) in [5, 5.41) is 23.0. The predicted octanol–water partition coefficient (Wildman–Crippen LogP) is 5.22. The van der Waals surface area contributed by atoms with Gasteiger partial charge >= 0.3 is 0 Å². The lowest BCUT2D eigenvalue weighted by molar-refractivity contribution is 0.0118. The minimum atomic E-state index is -0.874. The number of nitrogens with one attached hydrogen (secondary N) is 2. The van der Waals surface area contributed by atoms with Crippen LogP contribution in [0.3, 0.4) is 0 Å². The van der Waals surface area contributed by atoms with Crippen LogP contribution in [-0.4, -0.2) is 69.3 Å². The summed E-state index contributed by atoms with van der Waals surface area (Å²) in [5.41, 5.74) is 3.17. The summed E-state index contributed by atoms with van der Waals surface area (Å²) >= 11 is 6.04. The third-order valence-corrected chi connectivity index (χ3v) is 8.67. The van der Waals surface area contributed by atoms with Gasteiger partial charge in [0.15, 0.2) is 5.65 Å². The summed E-state index contributed by atoms with van der Waals surface area (Å²) in [7, 11) is 0. The Morgan fingerprint density at radius 2 is 1.71 bits per heavy atom. The van der Waals surface area contributed by atoms with Crippen LogP contribution in [0.4, 0.5) is 17.3 Å². The van der Waals surface area contributed by atoms with E-state index in [4.69, 9.17) is 16.6 Å². The fourth-order valence-electron chi connectivity index (χ4n) is 6.07. The largest absolute Gasteiger partial charge is 0.385 e. The quantitative estimate of drug-likeness (QED) is 0.260. The summed E-state index contributed by atoms with van der Waals surface area (Å²) in [6.07, 6.45) is 6.87. The second-order valence-electron chi connectivity index (χ2n) is 11.6. The van der Waals surface area contributed by atoms with Gasteiger partial charge in [0.1, 0.15) is 0 Å². The Balaban J connectivity index is 1.08. The average molecular weight is 588 g/mol. The zero-order valence-electron chi connectivity index (χ0n) is 24.0. The third kappa shape index (κ3) is 6.38. The number of aromatic nitrogens is 3. The maximum Gasteiger partial charge on any atom is 0.251 e. The van der Waals surface area contributed by atoms with E-state index in [0.29, 0.717) is 42.5 Å². The molecule has 2 aliphatic heterocycles. The normalized spacial score (nSPS) is 18.1. The molecular weight excluding hydrogens is 550 g/mol. The van der Waals surface area contributed by atoms with E-state index in [1.807, 2.05) is 66.9 Å². The van der Waals surface area contributed by atoms with Crippen LogP contribution in [0.5, 0.6) is 0 Å². The lowest BCUT2D eigenvalue weighted by atomic mass is 9.84. The van der Waals surface area contributed by atoms with E-state index in [2.05, 4.69) is 32.5 Å². The van der Waals surface area contributed by atoms with E-state index >= 15 is 0 Å². The van der Waals surface area contributed by atoms with Gasteiger partial charge in [0.25, 0.3) is 5.91 Å². The Morgan fingerprint density at radius 3 is 2.43 bits per heavy atom. The molecule has 1 atom stereocenters. The van der Waals surface area contributed by atoms with Crippen molar-refractivity contribution >= 4 is 40.5 Å². The van der Waals surface area contributed by atoms with Crippen molar-refractivity contribution in [2.45, 2.75) is 50.7 Å². The number of hydrogen-bond acceptors (Lipinski definition) is 7. The molecule has 9 nitrogen and oxygen atoms in total. The van der Waals surface area contributed by atoms with E-state index in [-0.39, 0.29) is 11.9 Å². The third-order valence-electron chi connectivity index (χ3n) is 8.42. The Labute approximate surface area is 251 Å². The molecule has 42 heavy (non-hydrogen) atoms. The van der Waals surface area contributed by atoms with Crippen LogP contribution in [0, 0.1) is 0 Å². The van der Waals surface area contributed by atoms with Crippen LogP contribution in [0.15, 0.2) is 66.9 Å². The van der Waals surface area contributed by atoms with Crippen molar-refractivity contribution in [2.75, 3.05) is 42.9 Å². The minimum absolute atomic E-state index is 0.0638. The summed E-state index contributed by atoms with van der Waals surface area (Å²) in [6, 6.07) is 19.0. The highest BCUT2D eigenvalue weighted by atomic mass is 35.5. The molecule has 0 bridgehead atoms. The van der Waals surface area contributed by atoms with Crippen LogP contribution in [0.1, 0.15) is 54.9 Å². The minimum Gasteiger partial charge on any atom is -0.385 e. The molecule has 10 heteroatoms. The highest BCUT2D eigenvalue weighted by Gasteiger charge is 2.34. The number of amides is 1. The molecule has 1 amide bonds. The van der Waals surface area contributed by atoms with Crippen LogP contribution < -0.4 is 15.5 Å². The number of carbonyl (C=O) groups excluding carboxylic acids is 1. The molecule has 2 fully saturated rings. The molecule has 2 aliphatic rings. The molecule has 0 radical (unpaired) electrons. The maximum atomic E-state index is 12.8. The average Bonchev–Trinajstić information content (AvgIpc) is 3.41. The Hall–Kier alpha value is -3.66. The van der Waals surface area contributed by atoms with Gasteiger partial charge in [-0.2, -0.15) is 4.98 Å². The number of halogens is 1. The molecule has 2 aromatic carbocycles. The van der Waals surface area contributed by atoms with Crippen molar-refractivity contribution in [1.29, 1.82) is 0 Å². The van der Waals surface area contributed by atoms with Crippen molar-refractivity contribution in [2.24, 2.45) is 0 Å². The monoisotopic (exact) mass is 587 g/mol. The van der Waals surface area contributed by atoms with Crippen molar-refractivity contribution < 1.29 is 9.90 Å². The summed E-state index contributed by atoms with van der Waals surface area (Å²) < 4.78 is 1.77. The second-order valence-corrected chi connectivity index (χ2v) is 12.0. The van der Waals surface area contributed by atoms with E-state index in [9.17, 15) is 9.90 Å².